The quantitative estimate of drug-likeness (QED) is 0.150. The van der Waals surface area contributed by atoms with Gasteiger partial charge in [-0.3, -0.25) is 14.4 Å². The number of aliphatic hydroxyl groups excluding tert-OH is 2. The number of carbonyl (C=O) groups is 2. The molecule has 2 aromatic carbocycles. The number of para-hydroxylation sites is 1. The first-order chi connectivity index (χ1) is 26.6. The van der Waals surface area contributed by atoms with Crippen molar-refractivity contribution in [1.29, 1.82) is 0 Å². The van der Waals surface area contributed by atoms with Crippen molar-refractivity contribution in [2.45, 2.75) is 90.8 Å². The molecule has 1 saturated heterocycles. The lowest BCUT2D eigenvalue weighted by molar-refractivity contribution is -0.183. The number of ether oxygens (including phenoxy) is 1. The molecule has 9 atom stereocenters. The van der Waals surface area contributed by atoms with Crippen molar-refractivity contribution in [1.82, 2.24) is 20.6 Å². The van der Waals surface area contributed by atoms with Crippen LogP contribution in [0.25, 0.3) is 11.1 Å². The zero-order valence-corrected chi connectivity index (χ0v) is 35.4. The third-order valence-electron chi connectivity index (χ3n) is 12.7. The zero-order valence-electron chi connectivity index (χ0n) is 34.6. The molecule has 1 aliphatic heterocycles. The predicted molar refractivity (Wildman–Crippen MR) is 223 cm³/mol. The summed E-state index contributed by atoms with van der Waals surface area (Å²) in [5.41, 5.74) is 4.08. The van der Waals surface area contributed by atoms with Gasteiger partial charge in [0.2, 0.25) is 5.91 Å². The molecular weight excluding hydrogens is 727 g/mol. The molecule has 4 fully saturated rings. The van der Waals surface area contributed by atoms with Crippen molar-refractivity contribution in [3.05, 3.63) is 69.9 Å². The highest BCUT2D eigenvalue weighted by atomic mass is 32.1. The van der Waals surface area contributed by atoms with Gasteiger partial charge in [-0.25, -0.2) is 0 Å². The van der Waals surface area contributed by atoms with Crippen LogP contribution in [0.1, 0.15) is 68.3 Å². The molecular formula is C44H63N5O6S. The van der Waals surface area contributed by atoms with Crippen LogP contribution in [0.15, 0.2) is 53.9 Å². The number of rotatable bonds is 16. The van der Waals surface area contributed by atoms with Crippen molar-refractivity contribution in [3.8, 4) is 16.9 Å². The monoisotopic (exact) mass is 789 g/mol. The van der Waals surface area contributed by atoms with E-state index in [4.69, 9.17) is 9.57 Å². The Morgan fingerprint density at radius 2 is 1.88 bits per heavy atom. The van der Waals surface area contributed by atoms with Gasteiger partial charge in [-0.2, -0.15) is 5.06 Å². The van der Waals surface area contributed by atoms with Gasteiger partial charge < -0.3 is 35.4 Å². The molecule has 4 aliphatic rings. The minimum atomic E-state index is -0.900. The van der Waals surface area contributed by atoms with E-state index in [2.05, 4.69) is 47.8 Å². The third kappa shape index (κ3) is 8.80. The van der Waals surface area contributed by atoms with E-state index in [0.717, 1.165) is 35.2 Å². The molecule has 306 valence electrons. The Hall–Kier alpha value is -3.52. The molecule has 2 amide bonds. The van der Waals surface area contributed by atoms with Gasteiger partial charge in [-0.1, -0.05) is 45.0 Å². The van der Waals surface area contributed by atoms with Crippen LogP contribution in [0.4, 0.5) is 5.69 Å². The average Bonchev–Trinajstić information content (AvgIpc) is 3.80. The molecule has 2 bridgehead atoms. The van der Waals surface area contributed by atoms with Gasteiger partial charge in [0.05, 0.1) is 25.9 Å². The predicted octanol–water partition coefficient (Wildman–Crippen LogP) is 5.44. The lowest BCUT2D eigenvalue weighted by Gasteiger charge is -2.62. The van der Waals surface area contributed by atoms with E-state index in [0.29, 0.717) is 42.2 Å². The number of fused-ring (bicyclic) bond motifs is 2. The number of aliphatic hydroxyl groups is 2. The van der Waals surface area contributed by atoms with Gasteiger partial charge >= 0.3 is 0 Å². The Bertz CT molecular complexity index is 1810. The van der Waals surface area contributed by atoms with Gasteiger partial charge in [-0.05, 0) is 99.2 Å². The molecule has 1 aromatic heterocycles. The largest absolute Gasteiger partial charge is 0.493 e. The van der Waals surface area contributed by atoms with Crippen LogP contribution < -0.4 is 20.3 Å². The van der Waals surface area contributed by atoms with Crippen LogP contribution in [0.5, 0.6) is 5.75 Å². The summed E-state index contributed by atoms with van der Waals surface area (Å²) in [7, 11) is 7.93. The first-order valence-electron chi connectivity index (χ1n) is 20.2. The van der Waals surface area contributed by atoms with Crippen LogP contribution in [-0.2, 0) is 22.6 Å². The van der Waals surface area contributed by atoms with Crippen LogP contribution in [0.2, 0.25) is 0 Å². The molecule has 0 radical (unpaired) electrons. The molecule has 3 aromatic rings. The molecule has 4 N–H and O–H groups in total. The summed E-state index contributed by atoms with van der Waals surface area (Å²) in [4.78, 5) is 40.0. The highest BCUT2D eigenvalue weighted by Crippen LogP contribution is 2.61. The fraction of sp³-hybridized carbons (Fsp3) is 0.591. The molecule has 7 rings (SSSR count). The summed E-state index contributed by atoms with van der Waals surface area (Å²) in [6.45, 7) is 11.4. The van der Waals surface area contributed by atoms with Crippen molar-refractivity contribution in [3.63, 3.8) is 0 Å². The Balaban J connectivity index is 1.30. The molecule has 56 heavy (non-hydrogen) atoms. The molecule has 12 heteroatoms. The third-order valence-corrected chi connectivity index (χ3v) is 13.6. The SMILES string of the molecule is CCOc1c(CN2O[C@@H](CO)[C@@H]([C@H](C)O)[C@H]2C(=O)N[C@H]2C[C@H]3C[C@@H]([C@@H]2C)C3(C)C)cccc1-c1cc(C(=O)N[C@@H](Cc2cccs2)CN(C)C)cc(N(C)C)c1. The summed E-state index contributed by atoms with van der Waals surface area (Å²) in [6.07, 6.45) is 1.22. The van der Waals surface area contributed by atoms with E-state index in [-0.39, 0.29) is 42.5 Å². The molecule has 2 heterocycles. The molecule has 3 aliphatic carbocycles. The lowest BCUT2D eigenvalue weighted by Crippen LogP contribution is -2.62. The van der Waals surface area contributed by atoms with Crippen molar-refractivity contribution < 1.29 is 29.4 Å². The smallest absolute Gasteiger partial charge is 0.251 e. The van der Waals surface area contributed by atoms with Gasteiger partial charge in [0.15, 0.2) is 0 Å². The fourth-order valence-electron chi connectivity index (χ4n) is 9.60. The molecule has 11 nitrogen and oxygen atoms in total. The van der Waals surface area contributed by atoms with E-state index in [9.17, 15) is 19.8 Å². The van der Waals surface area contributed by atoms with Crippen molar-refractivity contribution in [2.24, 2.45) is 29.1 Å². The number of amides is 2. The number of nitrogens with one attached hydrogen (secondary N) is 2. The van der Waals surface area contributed by atoms with E-state index in [1.807, 2.05) is 82.5 Å². The number of hydroxylamine groups is 2. The first kappa shape index (κ1) is 42.1. The number of nitrogens with zero attached hydrogens (tertiary/aromatic N) is 3. The second kappa shape index (κ2) is 17.5. The van der Waals surface area contributed by atoms with Gasteiger partial charge in [0.1, 0.15) is 17.9 Å². The van der Waals surface area contributed by atoms with Crippen LogP contribution in [0, 0.1) is 29.1 Å². The van der Waals surface area contributed by atoms with Crippen molar-refractivity contribution in [2.75, 3.05) is 52.8 Å². The zero-order chi connectivity index (χ0) is 40.5. The number of benzene rings is 2. The number of carbonyl (C=O) groups excluding carboxylic acids is 2. The maximum absolute atomic E-state index is 14.3. The Morgan fingerprint density at radius 3 is 2.48 bits per heavy atom. The maximum atomic E-state index is 14.3. The highest BCUT2D eigenvalue weighted by Gasteiger charge is 2.57. The highest BCUT2D eigenvalue weighted by molar-refractivity contribution is 7.09. The standard InChI is InChI=1S/C44H63N5O6S/c1-10-54-41-28(23-49-40(39(27(3)51)38(25-50)55-49)43(53)46-37-21-31-20-36(26(37)2)44(31,4)5)13-11-15-35(41)29-17-30(19-33(18-29)48(8)9)42(52)45-32(24-47(6)7)22-34-14-12-16-56-34/h11-19,26-27,31-32,36-40,50-51H,10,20-25H2,1-9H3,(H,45,52)(H,46,53)/t26-,27-,31+,32-,36-,37-,38-,39+,40-/m0/s1. The minimum Gasteiger partial charge on any atom is -0.493 e. The number of thiophene rings is 1. The summed E-state index contributed by atoms with van der Waals surface area (Å²) < 4.78 is 6.40. The van der Waals surface area contributed by atoms with Crippen LogP contribution in [0.3, 0.4) is 0 Å². The maximum Gasteiger partial charge on any atom is 0.251 e. The van der Waals surface area contributed by atoms with Crippen molar-refractivity contribution >= 4 is 28.8 Å². The number of hydrogen-bond acceptors (Lipinski definition) is 10. The summed E-state index contributed by atoms with van der Waals surface area (Å²) in [6, 6.07) is 15.0. The molecule has 3 saturated carbocycles. The summed E-state index contributed by atoms with van der Waals surface area (Å²) in [5.74, 6) is 1.09. The lowest BCUT2D eigenvalue weighted by atomic mass is 9.45. The topological polar surface area (TPSA) is 127 Å². The number of likely N-dealkylation sites (N-methyl/N-ethyl adjacent to an activating group) is 1. The second-order valence-corrected chi connectivity index (χ2v) is 18.4. The van der Waals surface area contributed by atoms with Crippen LogP contribution in [-0.4, -0.2) is 110 Å². The van der Waals surface area contributed by atoms with Gasteiger partial charge in [0, 0.05) is 72.3 Å². The van der Waals surface area contributed by atoms with E-state index < -0.39 is 24.2 Å². The summed E-state index contributed by atoms with van der Waals surface area (Å²) in [5, 5.41) is 31.8. The van der Waals surface area contributed by atoms with Crippen LogP contribution >= 0.6 is 11.3 Å². The molecule has 0 unspecified atom stereocenters. The average molecular weight is 790 g/mol. The molecule has 0 spiro atoms. The first-order valence-corrected chi connectivity index (χ1v) is 21.1. The second-order valence-electron chi connectivity index (χ2n) is 17.3. The minimum absolute atomic E-state index is 0.0375. The van der Waals surface area contributed by atoms with E-state index in [1.165, 1.54) is 11.3 Å². The normalized spacial score (nSPS) is 26.7. The van der Waals surface area contributed by atoms with E-state index >= 15 is 0 Å². The fourth-order valence-corrected chi connectivity index (χ4v) is 10.4. The van der Waals surface area contributed by atoms with Gasteiger partial charge in [0.25, 0.3) is 5.91 Å². The number of anilines is 1. The van der Waals surface area contributed by atoms with E-state index in [1.54, 1.807) is 23.3 Å². The van der Waals surface area contributed by atoms with Gasteiger partial charge in [-0.15, -0.1) is 11.3 Å². The Labute approximate surface area is 337 Å². The summed E-state index contributed by atoms with van der Waals surface area (Å²) >= 11 is 1.69. The Kier molecular flexibility index (Phi) is 13.2. The number of hydrogen-bond donors (Lipinski definition) is 4. The Morgan fingerprint density at radius 1 is 1.11 bits per heavy atom.